The molecule has 72 valence electrons. The molecule has 0 saturated heterocycles. The molecule has 0 radical (unpaired) electrons. The third-order valence-corrected chi connectivity index (χ3v) is 2.93. The summed E-state index contributed by atoms with van der Waals surface area (Å²) < 4.78 is 4.73. The zero-order valence-corrected chi connectivity index (χ0v) is 8.98. The molecule has 1 rings (SSSR count). The van der Waals surface area contributed by atoms with Crippen molar-refractivity contribution < 1.29 is 9.53 Å². The number of rotatable bonds is 3. The molecular weight excluding hydrogens is 184 g/mol. The lowest BCUT2D eigenvalue weighted by atomic mass is 9.99. The molecule has 0 saturated carbocycles. The molecule has 0 N–H and O–H groups in total. The highest BCUT2D eigenvalue weighted by atomic mass is 32.1. The van der Waals surface area contributed by atoms with Crippen LogP contribution in [0.4, 0.5) is 0 Å². The summed E-state index contributed by atoms with van der Waals surface area (Å²) in [5, 5.41) is 2.03. The molecule has 0 spiro atoms. The second-order valence-electron chi connectivity index (χ2n) is 2.97. The Balaban J connectivity index is 2.84. The maximum absolute atomic E-state index is 11.3. The summed E-state index contributed by atoms with van der Waals surface area (Å²) >= 11 is 1.67. The summed E-state index contributed by atoms with van der Waals surface area (Å²) in [5.41, 5.74) is 1.08. The third-order valence-electron chi connectivity index (χ3n) is 2.05. The smallest absolute Gasteiger partial charge is 0.313 e. The van der Waals surface area contributed by atoms with Gasteiger partial charge in [-0.15, -0.1) is 11.3 Å². The SMILES string of the molecule is CCC(C(=O)OC)c1csc(C)c1. The van der Waals surface area contributed by atoms with Crippen molar-refractivity contribution in [3.05, 3.63) is 21.9 Å². The van der Waals surface area contributed by atoms with Gasteiger partial charge in [0.25, 0.3) is 0 Å². The van der Waals surface area contributed by atoms with E-state index in [-0.39, 0.29) is 11.9 Å². The number of aryl methyl sites for hydroxylation is 1. The van der Waals surface area contributed by atoms with Gasteiger partial charge >= 0.3 is 5.97 Å². The topological polar surface area (TPSA) is 26.3 Å². The monoisotopic (exact) mass is 198 g/mol. The van der Waals surface area contributed by atoms with Crippen LogP contribution in [-0.4, -0.2) is 13.1 Å². The molecule has 0 fully saturated rings. The van der Waals surface area contributed by atoms with E-state index in [4.69, 9.17) is 4.74 Å². The second kappa shape index (κ2) is 4.42. The highest BCUT2D eigenvalue weighted by Gasteiger charge is 2.19. The van der Waals surface area contributed by atoms with E-state index in [1.165, 1.54) is 12.0 Å². The first-order valence-corrected chi connectivity index (χ1v) is 5.19. The molecule has 0 aliphatic heterocycles. The molecule has 13 heavy (non-hydrogen) atoms. The van der Waals surface area contributed by atoms with Crippen LogP contribution in [0, 0.1) is 6.92 Å². The van der Waals surface area contributed by atoms with Crippen molar-refractivity contribution >= 4 is 17.3 Å². The first kappa shape index (κ1) is 10.3. The predicted octanol–water partition coefficient (Wildman–Crippen LogP) is 2.72. The van der Waals surface area contributed by atoms with Gasteiger partial charge in [-0.05, 0) is 30.4 Å². The lowest BCUT2D eigenvalue weighted by molar-refractivity contribution is -0.142. The van der Waals surface area contributed by atoms with Crippen molar-refractivity contribution in [3.63, 3.8) is 0 Å². The van der Waals surface area contributed by atoms with E-state index in [2.05, 4.69) is 6.07 Å². The van der Waals surface area contributed by atoms with Gasteiger partial charge in [-0.3, -0.25) is 4.79 Å². The molecule has 0 aromatic carbocycles. The van der Waals surface area contributed by atoms with Crippen molar-refractivity contribution in [2.24, 2.45) is 0 Å². The van der Waals surface area contributed by atoms with Crippen molar-refractivity contribution in [2.45, 2.75) is 26.2 Å². The summed E-state index contributed by atoms with van der Waals surface area (Å²) in [6.07, 6.45) is 0.794. The van der Waals surface area contributed by atoms with E-state index in [0.29, 0.717) is 0 Å². The lowest BCUT2D eigenvalue weighted by Crippen LogP contribution is -2.12. The first-order valence-electron chi connectivity index (χ1n) is 4.32. The minimum absolute atomic E-state index is 0.0880. The molecule has 1 aromatic heterocycles. The van der Waals surface area contributed by atoms with Crippen molar-refractivity contribution in [2.75, 3.05) is 7.11 Å². The quantitative estimate of drug-likeness (QED) is 0.698. The molecule has 3 heteroatoms. The fourth-order valence-electron chi connectivity index (χ4n) is 1.33. The predicted molar refractivity (Wildman–Crippen MR) is 54.1 cm³/mol. The van der Waals surface area contributed by atoms with Gasteiger partial charge in [0, 0.05) is 4.88 Å². The zero-order chi connectivity index (χ0) is 9.84. The molecule has 2 nitrogen and oxygen atoms in total. The van der Waals surface area contributed by atoms with Gasteiger partial charge in [0.05, 0.1) is 13.0 Å². The fourth-order valence-corrected chi connectivity index (χ4v) is 2.09. The number of esters is 1. The molecule has 1 aromatic rings. The van der Waals surface area contributed by atoms with Gasteiger partial charge in [-0.25, -0.2) is 0 Å². The lowest BCUT2D eigenvalue weighted by Gasteiger charge is -2.09. The highest BCUT2D eigenvalue weighted by molar-refractivity contribution is 7.10. The van der Waals surface area contributed by atoms with Gasteiger partial charge in [0.2, 0.25) is 0 Å². The Kier molecular flexibility index (Phi) is 3.48. The summed E-state index contributed by atoms with van der Waals surface area (Å²) in [7, 11) is 1.43. The number of thiophene rings is 1. The Bertz CT molecular complexity index is 291. The molecule has 0 amide bonds. The highest BCUT2D eigenvalue weighted by Crippen LogP contribution is 2.25. The minimum Gasteiger partial charge on any atom is -0.469 e. The summed E-state index contributed by atoms with van der Waals surface area (Å²) in [4.78, 5) is 12.6. The van der Waals surface area contributed by atoms with E-state index < -0.39 is 0 Å². The molecule has 0 bridgehead atoms. The number of hydrogen-bond donors (Lipinski definition) is 0. The van der Waals surface area contributed by atoms with Crippen molar-refractivity contribution in [3.8, 4) is 0 Å². The zero-order valence-electron chi connectivity index (χ0n) is 8.16. The van der Waals surface area contributed by atoms with Gasteiger partial charge in [-0.2, -0.15) is 0 Å². The van der Waals surface area contributed by atoms with Crippen LogP contribution in [0.2, 0.25) is 0 Å². The molecule has 1 heterocycles. The summed E-state index contributed by atoms with van der Waals surface area (Å²) in [5.74, 6) is -0.227. The van der Waals surface area contributed by atoms with Crippen LogP contribution < -0.4 is 0 Å². The fraction of sp³-hybridized carbons (Fsp3) is 0.500. The average molecular weight is 198 g/mol. The van der Waals surface area contributed by atoms with Crippen LogP contribution in [0.15, 0.2) is 11.4 Å². The maximum Gasteiger partial charge on any atom is 0.313 e. The number of carbonyl (C=O) groups is 1. The Morgan fingerprint density at radius 3 is 2.77 bits per heavy atom. The molecular formula is C10H14O2S. The van der Waals surface area contributed by atoms with Crippen molar-refractivity contribution in [1.29, 1.82) is 0 Å². The van der Waals surface area contributed by atoms with Crippen LogP contribution >= 0.6 is 11.3 Å². The van der Waals surface area contributed by atoms with Gasteiger partial charge in [0.1, 0.15) is 0 Å². The van der Waals surface area contributed by atoms with Gasteiger partial charge in [-0.1, -0.05) is 6.92 Å². The van der Waals surface area contributed by atoms with E-state index in [1.54, 1.807) is 11.3 Å². The van der Waals surface area contributed by atoms with E-state index in [0.717, 1.165) is 12.0 Å². The largest absolute Gasteiger partial charge is 0.469 e. The Labute approximate surface area is 82.5 Å². The third kappa shape index (κ3) is 2.31. The normalized spacial score (nSPS) is 12.5. The van der Waals surface area contributed by atoms with E-state index in [1.807, 2.05) is 19.2 Å². The van der Waals surface area contributed by atoms with Crippen molar-refractivity contribution in [1.82, 2.24) is 0 Å². The van der Waals surface area contributed by atoms with Crippen LogP contribution in [0.25, 0.3) is 0 Å². The minimum atomic E-state index is -0.139. The molecule has 0 aliphatic rings. The molecule has 1 atom stereocenters. The van der Waals surface area contributed by atoms with Crippen LogP contribution in [0.5, 0.6) is 0 Å². The Hall–Kier alpha value is -0.830. The number of hydrogen-bond acceptors (Lipinski definition) is 3. The van der Waals surface area contributed by atoms with Crippen LogP contribution in [-0.2, 0) is 9.53 Å². The van der Waals surface area contributed by atoms with Crippen LogP contribution in [0.3, 0.4) is 0 Å². The number of ether oxygens (including phenoxy) is 1. The summed E-state index contributed by atoms with van der Waals surface area (Å²) in [6.45, 7) is 4.03. The van der Waals surface area contributed by atoms with E-state index >= 15 is 0 Å². The van der Waals surface area contributed by atoms with Gasteiger partial charge < -0.3 is 4.74 Å². The average Bonchev–Trinajstić information content (AvgIpc) is 2.53. The van der Waals surface area contributed by atoms with E-state index in [9.17, 15) is 4.79 Å². The second-order valence-corrected chi connectivity index (χ2v) is 4.09. The molecule has 1 unspecified atom stereocenters. The first-order chi connectivity index (χ1) is 6.19. The standard InChI is InChI=1S/C10H14O2S/c1-4-9(10(11)12-3)8-5-7(2)13-6-8/h5-6,9H,4H2,1-3H3. The summed E-state index contributed by atoms with van der Waals surface area (Å²) in [6, 6.07) is 2.05. The van der Waals surface area contributed by atoms with Gasteiger partial charge in [0.15, 0.2) is 0 Å². The number of methoxy groups -OCH3 is 1. The van der Waals surface area contributed by atoms with Crippen LogP contribution in [0.1, 0.15) is 29.7 Å². The molecule has 0 aliphatic carbocycles. The number of carbonyl (C=O) groups excluding carboxylic acids is 1. The Morgan fingerprint density at radius 2 is 2.38 bits per heavy atom. The maximum atomic E-state index is 11.3. The Morgan fingerprint density at radius 1 is 1.69 bits per heavy atom.